The first-order valence-corrected chi connectivity index (χ1v) is 15.7. The van der Waals surface area contributed by atoms with Gasteiger partial charge in [0.05, 0.1) is 22.4 Å². The average molecular weight is 659 g/mol. The second kappa shape index (κ2) is 13.1. The molecule has 14 heteroatoms. The molecular weight excluding hydrogens is 627 g/mol. The summed E-state index contributed by atoms with van der Waals surface area (Å²) in [5.74, 6) is -1.05. The fourth-order valence-corrected chi connectivity index (χ4v) is 6.64. The molecular formula is C33H31FN6O6S. The number of likely N-dealkylation sites (N-methyl/N-ethyl adjacent to an activating group) is 1. The molecule has 2 aromatic carbocycles. The highest BCUT2D eigenvalue weighted by Crippen LogP contribution is 2.46. The molecule has 0 saturated carbocycles. The monoisotopic (exact) mass is 658 g/mol. The molecule has 0 spiro atoms. The Bertz CT molecular complexity index is 1910. The van der Waals surface area contributed by atoms with Crippen LogP contribution in [-0.4, -0.2) is 76.6 Å². The Morgan fingerprint density at radius 2 is 1.96 bits per heavy atom. The van der Waals surface area contributed by atoms with Crippen LogP contribution in [0.5, 0.6) is 11.5 Å². The summed E-state index contributed by atoms with van der Waals surface area (Å²) >= 11 is 1.14. The van der Waals surface area contributed by atoms with E-state index in [1.807, 2.05) is 49.4 Å². The van der Waals surface area contributed by atoms with Crippen LogP contribution in [0.3, 0.4) is 0 Å². The van der Waals surface area contributed by atoms with E-state index in [1.54, 1.807) is 23.2 Å². The Labute approximate surface area is 273 Å². The average Bonchev–Trinajstić information content (AvgIpc) is 3.43. The number of piperidine rings is 1. The number of urea groups is 1. The minimum Gasteiger partial charge on any atom is -0.465 e. The van der Waals surface area contributed by atoms with Crippen molar-refractivity contribution in [1.82, 2.24) is 20.1 Å². The Kier molecular flexibility index (Phi) is 8.76. The van der Waals surface area contributed by atoms with Crippen LogP contribution in [0.4, 0.5) is 31.0 Å². The van der Waals surface area contributed by atoms with Gasteiger partial charge < -0.3 is 30.3 Å². The molecule has 2 aliphatic heterocycles. The summed E-state index contributed by atoms with van der Waals surface area (Å²) in [6, 6.07) is 15.7. The van der Waals surface area contributed by atoms with Gasteiger partial charge in [-0.25, -0.2) is 19.0 Å². The van der Waals surface area contributed by atoms with Crippen LogP contribution < -0.4 is 20.3 Å². The molecule has 5 amide bonds. The van der Waals surface area contributed by atoms with Crippen LogP contribution in [0.1, 0.15) is 28.1 Å². The zero-order chi connectivity index (χ0) is 33.2. The molecule has 1 atom stereocenters. The molecule has 1 saturated heterocycles. The molecule has 4 aromatic rings. The summed E-state index contributed by atoms with van der Waals surface area (Å²) in [4.78, 5) is 59.8. The number of para-hydroxylation sites is 1. The number of nitrogens with zero attached hydrogens (tertiary/aromatic N) is 4. The molecule has 3 N–H and O–H groups in total. The van der Waals surface area contributed by atoms with Gasteiger partial charge in [-0.3, -0.25) is 14.5 Å². The minimum absolute atomic E-state index is 0.0771. The van der Waals surface area contributed by atoms with Gasteiger partial charge in [0.1, 0.15) is 21.2 Å². The molecule has 1 fully saturated rings. The number of aryl methyl sites for hydroxylation is 1. The van der Waals surface area contributed by atoms with E-state index in [-0.39, 0.29) is 18.0 Å². The SMILES string of the molecule is Cc1cc(Oc2ccccc2)ccc1N1C(=O)Nc2c(C(=O)NC3CCCN(C(=O)C(F)=CCN(C)C(=O)O)C3)sc3nccc1c23. The van der Waals surface area contributed by atoms with Crippen LogP contribution in [0, 0.1) is 6.92 Å². The van der Waals surface area contributed by atoms with E-state index in [9.17, 15) is 23.6 Å². The molecule has 2 aliphatic rings. The quantitative estimate of drug-likeness (QED) is 0.190. The van der Waals surface area contributed by atoms with Crippen molar-refractivity contribution in [3.8, 4) is 11.5 Å². The number of carbonyl (C=O) groups excluding carboxylic acids is 3. The summed E-state index contributed by atoms with van der Waals surface area (Å²) in [6.07, 6.45) is 2.37. The highest BCUT2D eigenvalue weighted by Gasteiger charge is 2.34. The number of ether oxygens (including phenoxy) is 1. The van der Waals surface area contributed by atoms with E-state index in [1.165, 1.54) is 11.9 Å². The minimum atomic E-state index is -1.24. The molecule has 0 bridgehead atoms. The third-order valence-electron chi connectivity index (χ3n) is 7.96. The van der Waals surface area contributed by atoms with Crippen molar-refractivity contribution in [3.63, 3.8) is 0 Å². The summed E-state index contributed by atoms with van der Waals surface area (Å²) < 4.78 is 20.5. The maximum Gasteiger partial charge on any atom is 0.407 e. The zero-order valence-corrected chi connectivity index (χ0v) is 26.3. The van der Waals surface area contributed by atoms with Gasteiger partial charge in [-0.05, 0) is 67.8 Å². The van der Waals surface area contributed by atoms with E-state index in [2.05, 4.69) is 15.6 Å². The van der Waals surface area contributed by atoms with Crippen molar-refractivity contribution in [2.45, 2.75) is 25.8 Å². The van der Waals surface area contributed by atoms with Crippen molar-refractivity contribution in [2.24, 2.45) is 0 Å². The number of carbonyl (C=O) groups is 4. The van der Waals surface area contributed by atoms with Crippen molar-refractivity contribution < 1.29 is 33.4 Å². The number of carboxylic acid groups (broad SMARTS) is 1. The first-order chi connectivity index (χ1) is 22.6. The van der Waals surface area contributed by atoms with Crippen LogP contribution in [0.2, 0.25) is 0 Å². The number of rotatable bonds is 8. The molecule has 6 rings (SSSR count). The molecule has 0 aliphatic carbocycles. The van der Waals surface area contributed by atoms with Gasteiger partial charge in [0.15, 0.2) is 5.83 Å². The van der Waals surface area contributed by atoms with Crippen molar-refractivity contribution >= 4 is 62.6 Å². The number of thiophene rings is 1. The summed E-state index contributed by atoms with van der Waals surface area (Å²) in [5, 5.41) is 15.4. The number of halogens is 1. The van der Waals surface area contributed by atoms with Gasteiger partial charge >= 0.3 is 12.1 Å². The van der Waals surface area contributed by atoms with Gasteiger partial charge in [-0.15, -0.1) is 11.3 Å². The molecule has 1 unspecified atom stereocenters. The lowest BCUT2D eigenvalue weighted by atomic mass is 10.0. The third kappa shape index (κ3) is 6.45. The first-order valence-electron chi connectivity index (χ1n) is 14.9. The van der Waals surface area contributed by atoms with Crippen LogP contribution >= 0.6 is 11.3 Å². The predicted molar refractivity (Wildman–Crippen MR) is 175 cm³/mol. The second-order valence-corrected chi connectivity index (χ2v) is 12.2. The van der Waals surface area contributed by atoms with E-state index >= 15 is 0 Å². The number of hydrogen-bond acceptors (Lipinski definition) is 7. The highest BCUT2D eigenvalue weighted by atomic mass is 32.1. The van der Waals surface area contributed by atoms with E-state index in [0.717, 1.165) is 27.9 Å². The van der Waals surface area contributed by atoms with Crippen molar-refractivity contribution in [1.29, 1.82) is 0 Å². The van der Waals surface area contributed by atoms with Gasteiger partial charge in [-0.2, -0.15) is 0 Å². The number of hydrogen-bond donors (Lipinski definition) is 3. The number of nitrogens with one attached hydrogen (secondary N) is 2. The predicted octanol–water partition coefficient (Wildman–Crippen LogP) is 6.26. The lowest BCUT2D eigenvalue weighted by Gasteiger charge is -2.33. The Morgan fingerprint density at radius 3 is 2.70 bits per heavy atom. The number of anilines is 3. The van der Waals surface area contributed by atoms with E-state index in [4.69, 9.17) is 9.84 Å². The molecule has 2 aromatic heterocycles. The Hall–Kier alpha value is -5.50. The third-order valence-corrected chi connectivity index (χ3v) is 9.06. The number of benzene rings is 2. The number of aromatic nitrogens is 1. The van der Waals surface area contributed by atoms with Crippen molar-refractivity contribution in [2.75, 3.05) is 36.9 Å². The second-order valence-electron chi connectivity index (χ2n) is 11.2. The maximum absolute atomic E-state index is 14.6. The number of likely N-dealkylation sites (tertiary alicyclic amines) is 1. The lowest BCUT2D eigenvalue weighted by Crippen LogP contribution is -2.49. The molecule has 242 valence electrons. The fourth-order valence-electron chi connectivity index (χ4n) is 5.61. The lowest BCUT2D eigenvalue weighted by molar-refractivity contribution is -0.130. The van der Waals surface area contributed by atoms with Gasteiger partial charge in [-0.1, -0.05) is 18.2 Å². The summed E-state index contributed by atoms with van der Waals surface area (Å²) in [5.41, 5.74) is 2.37. The van der Waals surface area contributed by atoms with Crippen molar-refractivity contribution in [3.05, 3.63) is 83.1 Å². The standard InChI is InChI=1S/C33H31FN6O6S/c1-19-17-22(46-21-8-4-3-5-9-21)10-11-24(19)40-25-12-14-35-30-26(25)27(37-32(40)43)28(47-30)29(41)36-20-7-6-15-39(18-20)31(42)23(34)13-16-38(2)33(44)45/h3-5,8-14,17,20H,6-7,15-16,18H2,1-2H3,(H,36,41)(H,37,43)(H,44,45). The fraction of sp³-hybridized carbons (Fsp3) is 0.242. The van der Waals surface area contributed by atoms with Crippen LogP contribution in [0.15, 0.2) is 72.7 Å². The number of pyridine rings is 1. The van der Waals surface area contributed by atoms with Gasteiger partial charge in [0.25, 0.3) is 11.8 Å². The smallest absolute Gasteiger partial charge is 0.407 e. The Morgan fingerprint density at radius 1 is 1.17 bits per heavy atom. The maximum atomic E-state index is 14.6. The largest absolute Gasteiger partial charge is 0.465 e. The Balaban J connectivity index is 1.20. The summed E-state index contributed by atoms with van der Waals surface area (Å²) in [7, 11) is 1.27. The van der Waals surface area contributed by atoms with Gasteiger partial charge in [0.2, 0.25) is 0 Å². The molecule has 47 heavy (non-hydrogen) atoms. The summed E-state index contributed by atoms with van der Waals surface area (Å²) in [6.45, 7) is 1.98. The topological polar surface area (TPSA) is 144 Å². The van der Waals surface area contributed by atoms with Crippen LogP contribution in [0.25, 0.3) is 10.2 Å². The molecule has 4 heterocycles. The van der Waals surface area contributed by atoms with E-state index < -0.39 is 35.8 Å². The van der Waals surface area contributed by atoms with E-state index in [0.29, 0.717) is 58.2 Å². The molecule has 0 radical (unpaired) electrons. The first kappa shape index (κ1) is 31.5. The number of amides is 5. The normalized spacial score (nSPS) is 16.1. The van der Waals surface area contributed by atoms with Crippen LogP contribution in [-0.2, 0) is 4.79 Å². The van der Waals surface area contributed by atoms with Gasteiger partial charge in [0, 0.05) is 38.9 Å². The highest BCUT2D eigenvalue weighted by molar-refractivity contribution is 7.21. The zero-order valence-electron chi connectivity index (χ0n) is 25.5. The molecule has 12 nitrogen and oxygen atoms in total.